The smallest absolute Gasteiger partial charge is 0.261 e. The molecule has 2 aromatic carbocycles. The third-order valence-electron chi connectivity index (χ3n) is 4.93. The van der Waals surface area contributed by atoms with Gasteiger partial charge in [0.2, 0.25) is 11.7 Å². The van der Waals surface area contributed by atoms with E-state index >= 15 is 0 Å². The van der Waals surface area contributed by atoms with E-state index < -0.39 is 0 Å². The van der Waals surface area contributed by atoms with E-state index in [1.807, 2.05) is 61.5 Å². The first-order chi connectivity index (χ1) is 13.7. The highest BCUT2D eigenvalue weighted by atomic mass is 16.5. The van der Waals surface area contributed by atoms with Gasteiger partial charge >= 0.3 is 0 Å². The molecule has 144 valence electrons. The Bertz CT molecular complexity index is 939. The lowest BCUT2D eigenvalue weighted by Crippen LogP contribution is -2.41. The van der Waals surface area contributed by atoms with Crippen LogP contribution in [0.2, 0.25) is 0 Å². The van der Waals surface area contributed by atoms with Crippen molar-refractivity contribution < 1.29 is 14.1 Å². The number of para-hydroxylation sites is 1. The van der Waals surface area contributed by atoms with Crippen LogP contribution < -0.4 is 4.74 Å². The van der Waals surface area contributed by atoms with Crippen LogP contribution in [0.1, 0.15) is 36.8 Å². The zero-order valence-electron chi connectivity index (χ0n) is 15.9. The number of ether oxygens (including phenoxy) is 1. The first kappa shape index (κ1) is 18.2. The summed E-state index contributed by atoms with van der Waals surface area (Å²) in [6.45, 7) is 2.70. The number of piperidine rings is 1. The normalized spacial score (nSPS) is 16.8. The predicted octanol–water partition coefficient (Wildman–Crippen LogP) is 4.18. The van der Waals surface area contributed by atoms with Gasteiger partial charge in [-0.2, -0.15) is 4.98 Å². The fourth-order valence-electron chi connectivity index (χ4n) is 3.50. The van der Waals surface area contributed by atoms with Gasteiger partial charge < -0.3 is 14.2 Å². The van der Waals surface area contributed by atoms with Crippen molar-refractivity contribution in [2.75, 3.05) is 13.2 Å². The number of hydrogen-bond donors (Lipinski definition) is 0. The summed E-state index contributed by atoms with van der Waals surface area (Å²) >= 11 is 0. The van der Waals surface area contributed by atoms with Crippen LogP contribution >= 0.6 is 0 Å². The molecule has 28 heavy (non-hydrogen) atoms. The second-order valence-electron chi connectivity index (χ2n) is 7.03. The van der Waals surface area contributed by atoms with Crippen LogP contribution in [-0.2, 0) is 4.79 Å². The van der Waals surface area contributed by atoms with E-state index in [1.54, 1.807) is 4.90 Å². The number of carbonyl (C=O) groups is 1. The number of nitrogens with zero attached hydrogens (tertiary/aromatic N) is 3. The van der Waals surface area contributed by atoms with E-state index in [1.165, 1.54) is 0 Å². The first-order valence-electron chi connectivity index (χ1n) is 9.59. The number of likely N-dealkylation sites (tertiary alicyclic amines) is 1. The van der Waals surface area contributed by atoms with Crippen molar-refractivity contribution in [1.29, 1.82) is 0 Å². The molecule has 2 heterocycles. The molecule has 1 aliphatic heterocycles. The molecule has 0 spiro atoms. The summed E-state index contributed by atoms with van der Waals surface area (Å²) < 4.78 is 11.2. The van der Waals surface area contributed by atoms with Crippen molar-refractivity contribution >= 4 is 5.91 Å². The van der Waals surface area contributed by atoms with E-state index in [-0.39, 0.29) is 18.6 Å². The molecule has 0 N–H and O–H groups in total. The second-order valence-corrected chi connectivity index (χ2v) is 7.03. The minimum Gasteiger partial charge on any atom is -0.484 e. The molecule has 1 atom stereocenters. The molecule has 3 aromatic rings. The van der Waals surface area contributed by atoms with E-state index in [9.17, 15) is 4.79 Å². The molecule has 0 radical (unpaired) electrons. The summed E-state index contributed by atoms with van der Waals surface area (Å²) in [6.07, 6.45) is 2.80. The highest BCUT2D eigenvalue weighted by molar-refractivity contribution is 5.78. The molecule has 6 nitrogen and oxygen atoms in total. The molecule has 0 bridgehead atoms. The maximum Gasteiger partial charge on any atom is 0.261 e. The summed E-state index contributed by atoms with van der Waals surface area (Å²) in [7, 11) is 0. The fourth-order valence-corrected chi connectivity index (χ4v) is 3.50. The Labute approximate surface area is 164 Å². The van der Waals surface area contributed by atoms with Gasteiger partial charge in [0.05, 0.1) is 0 Å². The molecule has 1 saturated heterocycles. The molecule has 4 rings (SSSR count). The highest BCUT2D eigenvalue weighted by Crippen LogP contribution is 2.31. The summed E-state index contributed by atoms with van der Waals surface area (Å²) in [5.74, 6) is 1.66. The van der Waals surface area contributed by atoms with Crippen molar-refractivity contribution in [3.05, 3.63) is 66.1 Å². The number of carbonyl (C=O) groups excluding carboxylic acids is 1. The Morgan fingerprint density at radius 3 is 2.86 bits per heavy atom. The Morgan fingerprint density at radius 2 is 2.04 bits per heavy atom. The van der Waals surface area contributed by atoms with Crippen molar-refractivity contribution in [2.24, 2.45) is 0 Å². The van der Waals surface area contributed by atoms with Gasteiger partial charge in [-0.3, -0.25) is 4.79 Å². The van der Waals surface area contributed by atoms with Crippen molar-refractivity contribution in [3.63, 3.8) is 0 Å². The number of amides is 1. The number of aromatic nitrogens is 2. The molecular weight excluding hydrogens is 354 g/mol. The average molecular weight is 377 g/mol. The van der Waals surface area contributed by atoms with Crippen LogP contribution in [0.3, 0.4) is 0 Å². The van der Waals surface area contributed by atoms with Gasteiger partial charge in [-0.15, -0.1) is 0 Å². The summed E-state index contributed by atoms with van der Waals surface area (Å²) in [6, 6.07) is 17.1. The van der Waals surface area contributed by atoms with Gasteiger partial charge in [0, 0.05) is 12.1 Å². The standard InChI is InChI=1S/C22H23N3O3/c1-16-8-7-9-17(14-16)21-23-22(28-24-21)19-12-5-6-13-25(19)20(26)15-27-18-10-3-2-4-11-18/h2-4,7-11,14,19H,5-6,12-13,15H2,1H3. The number of aryl methyl sites for hydroxylation is 1. The van der Waals surface area contributed by atoms with Crippen LogP contribution in [0.4, 0.5) is 0 Å². The summed E-state index contributed by atoms with van der Waals surface area (Å²) in [4.78, 5) is 19.2. The van der Waals surface area contributed by atoms with Gasteiger partial charge in [-0.1, -0.05) is 47.1 Å². The van der Waals surface area contributed by atoms with Gasteiger partial charge in [0.15, 0.2) is 6.61 Å². The molecular formula is C22H23N3O3. The van der Waals surface area contributed by atoms with Crippen molar-refractivity contribution in [1.82, 2.24) is 15.0 Å². The van der Waals surface area contributed by atoms with Crippen LogP contribution in [0.25, 0.3) is 11.4 Å². The third kappa shape index (κ3) is 4.06. The Hall–Kier alpha value is -3.15. The molecule has 1 aromatic heterocycles. The van der Waals surface area contributed by atoms with Crippen LogP contribution in [0.15, 0.2) is 59.1 Å². The van der Waals surface area contributed by atoms with Gasteiger partial charge in [-0.25, -0.2) is 0 Å². The zero-order chi connectivity index (χ0) is 19.3. The molecule has 0 saturated carbocycles. The lowest BCUT2D eigenvalue weighted by atomic mass is 10.0. The average Bonchev–Trinajstić information content (AvgIpc) is 3.23. The number of rotatable bonds is 5. The van der Waals surface area contributed by atoms with Crippen LogP contribution in [0.5, 0.6) is 5.75 Å². The molecule has 1 aliphatic rings. The van der Waals surface area contributed by atoms with Crippen molar-refractivity contribution in [3.8, 4) is 17.1 Å². The van der Waals surface area contributed by atoms with E-state index in [4.69, 9.17) is 9.26 Å². The number of hydrogen-bond acceptors (Lipinski definition) is 5. The quantitative estimate of drug-likeness (QED) is 0.667. The fraction of sp³-hybridized carbons (Fsp3) is 0.318. The van der Waals surface area contributed by atoms with Crippen LogP contribution in [-0.4, -0.2) is 34.1 Å². The van der Waals surface area contributed by atoms with E-state index in [2.05, 4.69) is 10.1 Å². The molecule has 6 heteroatoms. The summed E-state index contributed by atoms with van der Waals surface area (Å²) in [5.41, 5.74) is 2.05. The Morgan fingerprint density at radius 1 is 1.18 bits per heavy atom. The van der Waals surface area contributed by atoms with E-state index in [0.29, 0.717) is 24.0 Å². The Balaban J connectivity index is 1.48. The maximum atomic E-state index is 12.8. The summed E-state index contributed by atoms with van der Waals surface area (Å²) in [5, 5.41) is 4.13. The van der Waals surface area contributed by atoms with Crippen LogP contribution in [0, 0.1) is 6.92 Å². The largest absolute Gasteiger partial charge is 0.484 e. The third-order valence-corrected chi connectivity index (χ3v) is 4.93. The topological polar surface area (TPSA) is 68.5 Å². The number of benzene rings is 2. The van der Waals surface area contributed by atoms with Gasteiger partial charge in [-0.05, 0) is 44.4 Å². The zero-order valence-corrected chi connectivity index (χ0v) is 15.9. The predicted molar refractivity (Wildman–Crippen MR) is 105 cm³/mol. The first-order valence-corrected chi connectivity index (χ1v) is 9.59. The second kappa shape index (κ2) is 8.25. The van der Waals surface area contributed by atoms with E-state index in [0.717, 1.165) is 30.4 Å². The molecule has 1 amide bonds. The monoisotopic (exact) mass is 377 g/mol. The Kier molecular flexibility index (Phi) is 5.37. The minimum absolute atomic E-state index is 0.000608. The molecule has 0 aliphatic carbocycles. The van der Waals surface area contributed by atoms with Gasteiger partial charge in [0.1, 0.15) is 11.8 Å². The van der Waals surface area contributed by atoms with Crippen molar-refractivity contribution in [2.45, 2.75) is 32.2 Å². The molecule has 1 unspecified atom stereocenters. The molecule has 1 fully saturated rings. The SMILES string of the molecule is Cc1cccc(-c2noc(C3CCCCN3C(=O)COc3ccccc3)n2)c1. The van der Waals surface area contributed by atoms with Gasteiger partial charge in [0.25, 0.3) is 5.91 Å². The lowest BCUT2D eigenvalue weighted by molar-refractivity contribution is -0.138. The lowest BCUT2D eigenvalue weighted by Gasteiger charge is -2.33. The minimum atomic E-state index is -0.202. The maximum absolute atomic E-state index is 12.8. The highest BCUT2D eigenvalue weighted by Gasteiger charge is 2.32.